The summed E-state index contributed by atoms with van der Waals surface area (Å²) in [7, 11) is 0. The van der Waals surface area contributed by atoms with E-state index < -0.39 is 0 Å². The van der Waals surface area contributed by atoms with E-state index in [-0.39, 0.29) is 17.5 Å². The molecule has 2 rings (SSSR count). The fraction of sp³-hybridized carbons (Fsp3) is 0.583. The van der Waals surface area contributed by atoms with Gasteiger partial charge in [0.2, 0.25) is 5.91 Å². The minimum absolute atomic E-state index is 0.0417. The van der Waals surface area contributed by atoms with Crippen LogP contribution in [0, 0.1) is 0 Å². The van der Waals surface area contributed by atoms with Gasteiger partial charge in [-0.3, -0.25) is 10.1 Å². The summed E-state index contributed by atoms with van der Waals surface area (Å²) in [5.41, 5.74) is -0.0417. The van der Waals surface area contributed by atoms with Gasteiger partial charge in [-0.1, -0.05) is 0 Å². The molecule has 4 heteroatoms. The van der Waals surface area contributed by atoms with E-state index in [1.165, 1.54) is 0 Å². The summed E-state index contributed by atoms with van der Waals surface area (Å²) in [5, 5.41) is 3.29. The molecule has 1 amide bonds. The normalized spacial score (nSPS) is 24.8. The van der Waals surface area contributed by atoms with Crippen LogP contribution in [0.25, 0.3) is 0 Å². The minimum atomic E-state index is -0.126. The second-order valence-electron chi connectivity index (χ2n) is 5.02. The van der Waals surface area contributed by atoms with E-state index in [0.717, 1.165) is 5.76 Å². The van der Waals surface area contributed by atoms with E-state index in [9.17, 15) is 4.79 Å². The summed E-state index contributed by atoms with van der Waals surface area (Å²) in [6.07, 6.45) is 1.64. The molecule has 1 unspecified atom stereocenters. The van der Waals surface area contributed by atoms with Crippen LogP contribution in [0.2, 0.25) is 0 Å². The Morgan fingerprint density at radius 2 is 2.38 bits per heavy atom. The molecule has 1 N–H and O–H groups in total. The molecule has 0 aliphatic carbocycles. The van der Waals surface area contributed by atoms with Crippen molar-refractivity contribution in [1.29, 1.82) is 0 Å². The van der Waals surface area contributed by atoms with Crippen LogP contribution in [0.15, 0.2) is 22.8 Å². The Morgan fingerprint density at radius 1 is 1.62 bits per heavy atom. The van der Waals surface area contributed by atoms with E-state index in [1.54, 1.807) is 6.26 Å². The number of piperazine rings is 1. The monoisotopic (exact) mass is 222 g/mol. The first-order chi connectivity index (χ1) is 7.48. The van der Waals surface area contributed by atoms with Crippen LogP contribution in [-0.2, 0) is 11.3 Å². The largest absolute Gasteiger partial charge is 0.467 e. The van der Waals surface area contributed by atoms with Gasteiger partial charge in [-0.05, 0) is 32.9 Å². The zero-order valence-corrected chi connectivity index (χ0v) is 9.99. The third kappa shape index (κ3) is 2.27. The molecular formula is C12H18N2O2. The fourth-order valence-electron chi connectivity index (χ4n) is 2.25. The molecule has 88 valence electrons. The maximum atomic E-state index is 12.0. The Labute approximate surface area is 95.6 Å². The highest BCUT2D eigenvalue weighted by Gasteiger charge is 2.35. The van der Waals surface area contributed by atoms with Crippen LogP contribution < -0.4 is 5.32 Å². The van der Waals surface area contributed by atoms with Gasteiger partial charge in [0, 0.05) is 12.1 Å². The van der Waals surface area contributed by atoms with Crippen LogP contribution >= 0.6 is 0 Å². The predicted molar refractivity (Wildman–Crippen MR) is 60.8 cm³/mol. The zero-order chi connectivity index (χ0) is 11.8. The lowest BCUT2D eigenvalue weighted by Crippen LogP contribution is -2.63. The summed E-state index contributed by atoms with van der Waals surface area (Å²) < 4.78 is 5.27. The fourth-order valence-corrected chi connectivity index (χ4v) is 2.25. The van der Waals surface area contributed by atoms with Crippen molar-refractivity contribution in [3.05, 3.63) is 24.2 Å². The first-order valence-electron chi connectivity index (χ1n) is 5.57. The second-order valence-corrected chi connectivity index (χ2v) is 5.02. The highest BCUT2D eigenvalue weighted by atomic mass is 16.3. The second kappa shape index (κ2) is 3.94. The maximum Gasteiger partial charge on any atom is 0.239 e. The van der Waals surface area contributed by atoms with Gasteiger partial charge in [-0.25, -0.2) is 0 Å². The molecule has 2 heterocycles. The van der Waals surface area contributed by atoms with Gasteiger partial charge in [0.15, 0.2) is 0 Å². The zero-order valence-electron chi connectivity index (χ0n) is 9.99. The van der Waals surface area contributed by atoms with E-state index in [2.05, 4.69) is 19.2 Å². The predicted octanol–water partition coefficient (Wildman–Crippen LogP) is 1.38. The molecule has 0 aromatic carbocycles. The number of nitrogens with zero attached hydrogens (tertiary/aromatic N) is 1. The van der Waals surface area contributed by atoms with Crippen LogP contribution in [0.4, 0.5) is 0 Å². The molecule has 1 saturated heterocycles. The molecule has 0 spiro atoms. The Morgan fingerprint density at radius 3 is 3.00 bits per heavy atom. The van der Waals surface area contributed by atoms with Crippen molar-refractivity contribution in [1.82, 2.24) is 10.2 Å². The number of amides is 1. The van der Waals surface area contributed by atoms with Gasteiger partial charge in [0.25, 0.3) is 0 Å². The van der Waals surface area contributed by atoms with Crippen molar-refractivity contribution in [2.45, 2.75) is 38.9 Å². The van der Waals surface area contributed by atoms with Gasteiger partial charge >= 0.3 is 0 Å². The Bertz CT molecular complexity index is 370. The lowest BCUT2D eigenvalue weighted by molar-refractivity contribution is -0.139. The van der Waals surface area contributed by atoms with Crippen LogP contribution in [0.3, 0.4) is 0 Å². The van der Waals surface area contributed by atoms with E-state index in [1.807, 2.05) is 24.0 Å². The van der Waals surface area contributed by atoms with E-state index >= 15 is 0 Å². The Kier molecular flexibility index (Phi) is 2.76. The first-order valence-corrected chi connectivity index (χ1v) is 5.57. The Balaban J connectivity index is 2.10. The number of rotatable bonds is 2. The molecule has 1 fully saturated rings. The molecule has 1 atom stereocenters. The quantitative estimate of drug-likeness (QED) is 0.822. The van der Waals surface area contributed by atoms with E-state index in [4.69, 9.17) is 4.42 Å². The number of carbonyl (C=O) groups is 1. The summed E-state index contributed by atoms with van der Waals surface area (Å²) in [6, 6.07) is 3.61. The van der Waals surface area contributed by atoms with Crippen molar-refractivity contribution in [3.63, 3.8) is 0 Å². The first kappa shape index (κ1) is 11.2. The number of hydrogen-bond acceptors (Lipinski definition) is 3. The average Bonchev–Trinajstić information content (AvgIpc) is 2.65. The van der Waals surface area contributed by atoms with Crippen molar-refractivity contribution in [3.8, 4) is 0 Å². The third-order valence-electron chi connectivity index (χ3n) is 2.80. The van der Waals surface area contributed by atoms with Crippen molar-refractivity contribution >= 4 is 5.91 Å². The van der Waals surface area contributed by atoms with E-state index in [0.29, 0.717) is 13.1 Å². The minimum Gasteiger partial charge on any atom is -0.467 e. The van der Waals surface area contributed by atoms with Crippen LogP contribution in [0.1, 0.15) is 26.5 Å². The molecule has 1 aliphatic heterocycles. The van der Waals surface area contributed by atoms with Gasteiger partial charge in [-0.15, -0.1) is 0 Å². The van der Waals surface area contributed by atoms with Crippen LogP contribution in [0.5, 0.6) is 0 Å². The molecule has 1 aromatic rings. The number of carbonyl (C=O) groups excluding carboxylic acids is 1. The van der Waals surface area contributed by atoms with Crippen LogP contribution in [-0.4, -0.2) is 28.9 Å². The van der Waals surface area contributed by atoms with Gasteiger partial charge < -0.3 is 9.32 Å². The lowest BCUT2D eigenvalue weighted by atomic mass is 9.98. The molecule has 0 radical (unpaired) electrons. The molecule has 0 saturated carbocycles. The highest BCUT2D eigenvalue weighted by Crippen LogP contribution is 2.17. The number of furan rings is 1. The van der Waals surface area contributed by atoms with Crippen molar-refractivity contribution in [2.24, 2.45) is 0 Å². The molecule has 16 heavy (non-hydrogen) atoms. The smallest absolute Gasteiger partial charge is 0.239 e. The maximum absolute atomic E-state index is 12.0. The summed E-state index contributed by atoms with van der Waals surface area (Å²) >= 11 is 0. The summed E-state index contributed by atoms with van der Waals surface area (Å²) in [6.45, 7) is 7.37. The molecule has 1 aliphatic rings. The lowest BCUT2D eigenvalue weighted by Gasteiger charge is -2.41. The van der Waals surface area contributed by atoms with Crippen molar-refractivity contribution in [2.75, 3.05) is 6.54 Å². The number of hydrogen-bond donors (Lipinski definition) is 1. The third-order valence-corrected chi connectivity index (χ3v) is 2.80. The number of nitrogens with one attached hydrogen (secondary N) is 1. The summed E-state index contributed by atoms with van der Waals surface area (Å²) in [4.78, 5) is 13.8. The molecule has 1 aromatic heterocycles. The molecular weight excluding hydrogens is 204 g/mol. The van der Waals surface area contributed by atoms with Gasteiger partial charge in [0.1, 0.15) is 5.76 Å². The average molecular weight is 222 g/mol. The molecule has 0 bridgehead atoms. The summed E-state index contributed by atoms with van der Waals surface area (Å²) in [5.74, 6) is 0.967. The highest BCUT2D eigenvalue weighted by molar-refractivity contribution is 5.82. The topological polar surface area (TPSA) is 45.5 Å². The van der Waals surface area contributed by atoms with Crippen molar-refractivity contribution < 1.29 is 9.21 Å². The SMILES string of the molecule is CC1NC(C)(C)CN(Cc2ccco2)C1=O. The Hall–Kier alpha value is -1.29. The van der Waals surface area contributed by atoms with Gasteiger partial charge in [0.05, 0.1) is 18.8 Å². The molecule has 4 nitrogen and oxygen atoms in total. The standard InChI is InChI=1S/C12H18N2O2/c1-9-11(15)14(8-12(2,3)13-9)7-10-5-4-6-16-10/h4-6,9,13H,7-8H2,1-3H3. The van der Waals surface area contributed by atoms with Gasteiger partial charge in [-0.2, -0.15) is 0 Å².